The van der Waals surface area contributed by atoms with Crippen LogP contribution in [0.4, 0.5) is 0 Å². The molecular weight excluding hydrogens is 392 g/mol. The molecule has 1 saturated heterocycles. The summed E-state index contributed by atoms with van der Waals surface area (Å²) in [5.41, 5.74) is 5.61. The zero-order chi connectivity index (χ0) is 20.1. The Morgan fingerprint density at radius 1 is 1.14 bits per heavy atom. The van der Waals surface area contributed by atoms with Gasteiger partial charge in [0.15, 0.2) is 5.11 Å². The maximum Gasteiger partial charge on any atom is 0.263 e. The predicted molar refractivity (Wildman–Crippen MR) is 116 cm³/mol. The third kappa shape index (κ3) is 5.23. The average molecular weight is 423 g/mol. The Morgan fingerprint density at radius 2 is 1.89 bits per heavy atom. The van der Waals surface area contributed by atoms with E-state index in [0.29, 0.717) is 48.9 Å². The summed E-state index contributed by atoms with van der Waals surface area (Å²) in [5.74, 6) is 1.15. The monoisotopic (exact) mass is 422 g/mol. The van der Waals surface area contributed by atoms with Gasteiger partial charge in [-0.2, -0.15) is 0 Å². The summed E-state index contributed by atoms with van der Waals surface area (Å²) in [6.45, 7) is 5.75. The molecule has 3 atom stereocenters. The van der Waals surface area contributed by atoms with Crippen LogP contribution >= 0.6 is 23.6 Å². The molecule has 2 fully saturated rings. The number of carbonyl (C=O) groups excluding carboxylic acids is 2. The number of hydrogen-bond donors (Lipinski definition) is 3. The largest absolute Gasteiger partial charge is 0.358 e. The number of carbonyl (C=O) groups is 2. The quantitative estimate of drug-likeness (QED) is 0.516. The van der Waals surface area contributed by atoms with E-state index in [2.05, 4.69) is 30.0 Å². The van der Waals surface area contributed by atoms with Gasteiger partial charge < -0.3 is 10.2 Å². The Hall–Kier alpha value is -1.67. The van der Waals surface area contributed by atoms with Crippen molar-refractivity contribution in [1.29, 1.82) is 0 Å². The van der Waals surface area contributed by atoms with E-state index in [0.717, 1.165) is 11.3 Å². The first-order valence-electron chi connectivity index (χ1n) is 10.1. The maximum atomic E-state index is 12.5. The highest BCUT2D eigenvalue weighted by atomic mass is 32.1. The molecule has 1 aromatic rings. The van der Waals surface area contributed by atoms with Crippen molar-refractivity contribution in [2.24, 2.45) is 17.8 Å². The van der Waals surface area contributed by atoms with Crippen molar-refractivity contribution in [3.8, 4) is 0 Å². The number of nitrogens with one attached hydrogen (secondary N) is 3. The van der Waals surface area contributed by atoms with Gasteiger partial charge in [0.25, 0.3) is 5.91 Å². The summed E-state index contributed by atoms with van der Waals surface area (Å²) in [6.07, 6.45) is 4.92. The van der Waals surface area contributed by atoms with Crippen molar-refractivity contribution < 1.29 is 9.59 Å². The minimum atomic E-state index is -0.101. The third-order valence-corrected chi connectivity index (χ3v) is 7.29. The first-order valence-corrected chi connectivity index (χ1v) is 11.4. The molecule has 28 heavy (non-hydrogen) atoms. The molecule has 1 aliphatic heterocycles. The lowest BCUT2D eigenvalue weighted by atomic mass is 9.78. The van der Waals surface area contributed by atoms with Crippen LogP contribution in [0.1, 0.15) is 55.6 Å². The van der Waals surface area contributed by atoms with E-state index in [4.69, 9.17) is 12.2 Å². The molecule has 8 heteroatoms. The number of thiocarbonyl (C=S) groups is 1. The maximum absolute atomic E-state index is 12.5. The van der Waals surface area contributed by atoms with Gasteiger partial charge in [-0.1, -0.05) is 32.8 Å². The fraction of sp³-hybridized carbons (Fsp3) is 0.650. The summed E-state index contributed by atoms with van der Waals surface area (Å²) in [6, 6.07) is 4.08. The molecule has 0 spiro atoms. The molecule has 3 N–H and O–H groups in total. The van der Waals surface area contributed by atoms with Gasteiger partial charge >= 0.3 is 0 Å². The van der Waals surface area contributed by atoms with Crippen molar-refractivity contribution in [2.45, 2.75) is 52.0 Å². The van der Waals surface area contributed by atoms with E-state index < -0.39 is 0 Å². The minimum absolute atomic E-state index is 0.0579. The number of rotatable bonds is 3. The van der Waals surface area contributed by atoms with Gasteiger partial charge in [-0.25, -0.2) is 0 Å². The topological polar surface area (TPSA) is 73.5 Å². The van der Waals surface area contributed by atoms with Gasteiger partial charge in [-0.3, -0.25) is 20.4 Å². The number of hydrogen-bond acceptors (Lipinski definition) is 4. The zero-order valence-corrected chi connectivity index (χ0v) is 18.2. The molecule has 1 saturated carbocycles. The highest BCUT2D eigenvalue weighted by molar-refractivity contribution is 7.80. The number of amides is 2. The van der Waals surface area contributed by atoms with E-state index in [1.165, 1.54) is 24.2 Å². The van der Waals surface area contributed by atoms with Crippen molar-refractivity contribution in [1.82, 2.24) is 21.1 Å². The van der Waals surface area contributed by atoms with E-state index >= 15 is 0 Å². The lowest BCUT2D eigenvalue weighted by Crippen LogP contribution is -2.54. The molecule has 1 aliphatic carbocycles. The summed E-state index contributed by atoms with van der Waals surface area (Å²) in [5, 5.41) is 5.73. The van der Waals surface area contributed by atoms with Crippen LogP contribution in [0.15, 0.2) is 17.5 Å². The van der Waals surface area contributed by atoms with E-state index in [1.807, 2.05) is 22.4 Å². The van der Waals surface area contributed by atoms with Gasteiger partial charge in [0, 0.05) is 25.0 Å². The van der Waals surface area contributed by atoms with Gasteiger partial charge in [0.2, 0.25) is 5.91 Å². The van der Waals surface area contributed by atoms with Crippen LogP contribution in [0.25, 0.3) is 0 Å². The molecule has 0 unspecified atom stereocenters. The van der Waals surface area contributed by atoms with E-state index in [9.17, 15) is 9.59 Å². The second kappa shape index (κ2) is 9.69. The lowest BCUT2D eigenvalue weighted by molar-refractivity contribution is -0.126. The third-order valence-electron chi connectivity index (χ3n) is 6.21. The molecule has 6 nitrogen and oxygen atoms in total. The number of hydrazine groups is 1. The van der Waals surface area contributed by atoms with Crippen molar-refractivity contribution in [3.05, 3.63) is 22.4 Å². The minimum Gasteiger partial charge on any atom is -0.358 e. The number of piperidine rings is 1. The molecule has 2 amide bonds. The standard InChI is InChI=1S/C20H30N4O2S2/c1-13-5-3-6-16(14(13)2)21-20(27)23-22-18(25)15-8-10-24(11-9-15)19(26)17-7-4-12-28-17/h4,7,12-16H,3,5-6,8-11H2,1-2H3,(H,22,25)(H2,21,23,27)/t13-,14-,16-/m1/s1. The highest BCUT2D eigenvalue weighted by Crippen LogP contribution is 2.29. The van der Waals surface area contributed by atoms with Crippen LogP contribution in [0.2, 0.25) is 0 Å². The number of nitrogens with zero attached hydrogens (tertiary/aromatic N) is 1. The van der Waals surface area contributed by atoms with Crippen LogP contribution in [0, 0.1) is 17.8 Å². The predicted octanol–water partition coefficient (Wildman–Crippen LogP) is 2.92. The van der Waals surface area contributed by atoms with Crippen molar-refractivity contribution >= 4 is 40.5 Å². The fourth-order valence-corrected chi connectivity index (χ4v) is 5.00. The normalized spacial score (nSPS) is 25.8. The summed E-state index contributed by atoms with van der Waals surface area (Å²) >= 11 is 6.81. The Morgan fingerprint density at radius 3 is 2.57 bits per heavy atom. The van der Waals surface area contributed by atoms with Crippen LogP contribution in [-0.2, 0) is 4.79 Å². The number of likely N-dealkylation sites (tertiary alicyclic amines) is 1. The first kappa shape index (κ1) is 21.0. The Bertz CT molecular complexity index is 686. The Labute approximate surface area is 176 Å². The van der Waals surface area contributed by atoms with Crippen LogP contribution in [0.3, 0.4) is 0 Å². The van der Waals surface area contributed by atoms with E-state index in [-0.39, 0.29) is 17.7 Å². The van der Waals surface area contributed by atoms with Gasteiger partial charge in [-0.15, -0.1) is 11.3 Å². The Balaban J connectivity index is 1.38. The lowest BCUT2D eigenvalue weighted by Gasteiger charge is -2.35. The van der Waals surface area contributed by atoms with Crippen molar-refractivity contribution in [3.63, 3.8) is 0 Å². The molecule has 0 radical (unpaired) electrons. The second-order valence-corrected chi connectivity index (χ2v) is 9.36. The van der Waals surface area contributed by atoms with Gasteiger partial charge in [0.05, 0.1) is 4.88 Å². The van der Waals surface area contributed by atoms with Crippen LogP contribution < -0.4 is 16.2 Å². The van der Waals surface area contributed by atoms with Gasteiger partial charge in [0.1, 0.15) is 0 Å². The average Bonchev–Trinajstić information content (AvgIpc) is 3.24. The molecule has 2 heterocycles. The highest BCUT2D eigenvalue weighted by Gasteiger charge is 2.29. The molecule has 0 aromatic carbocycles. The molecule has 154 valence electrons. The SMILES string of the molecule is C[C@@H]1[C@H](C)CCC[C@H]1NC(=S)NNC(=O)C1CCN(C(=O)c2cccs2)CC1. The second-order valence-electron chi connectivity index (χ2n) is 8.01. The molecule has 0 bridgehead atoms. The summed E-state index contributed by atoms with van der Waals surface area (Å²) in [7, 11) is 0. The fourth-order valence-electron chi connectivity index (χ4n) is 4.11. The molecule has 2 aliphatic rings. The van der Waals surface area contributed by atoms with E-state index in [1.54, 1.807) is 0 Å². The smallest absolute Gasteiger partial charge is 0.263 e. The van der Waals surface area contributed by atoms with Crippen molar-refractivity contribution in [2.75, 3.05) is 13.1 Å². The zero-order valence-electron chi connectivity index (χ0n) is 16.6. The van der Waals surface area contributed by atoms with Crippen LogP contribution in [0.5, 0.6) is 0 Å². The molecular formula is C20H30N4O2S2. The summed E-state index contributed by atoms with van der Waals surface area (Å²) < 4.78 is 0. The van der Waals surface area contributed by atoms with Gasteiger partial charge in [-0.05, 0) is 54.8 Å². The molecule has 3 rings (SSSR count). The summed E-state index contributed by atoms with van der Waals surface area (Å²) in [4.78, 5) is 27.4. The first-order chi connectivity index (χ1) is 13.5. The number of thiophene rings is 1. The van der Waals surface area contributed by atoms with Crippen LogP contribution in [-0.4, -0.2) is 41.0 Å². The molecule has 1 aromatic heterocycles. The Kier molecular flexibility index (Phi) is 7.29.